The van der Waals surface area contributed by atoms with Crippen LogP contribution in [0.5, 0.6) is 0 Å². The van der Waals surface area contributed by atoms with Crippen LogP contribution in [0, 0.1) is 5.92 Å². The molecule has 0 amide bonds. The van der Waals surface area contributed by atoms with Crippen LogP contribution in [0.4, 0.5) is 0 Å². The van der Waals surface area contributed by atoms with Crippen LogP contribution in [0.1, 0.15) is 53.4 Å². The smallest absolute Gasteiger partial charge is 0.309 e. The molecule has 1 saturated carbocycles. The fourth-order valence-corrected chi connectivity index (χ4v) is 3.50. The Bertz CT molecular complexity index is 333. The minimum absolute atomic E-state index is 0.0274. The lowest BCUT2D eigenvalue weighted by atomic mass is 9.61. The van der Waals surface area contributed by atoms with Gasteiger partial charge in [-0.05, 0) is 53.6 Å². The van der Waals surface area contributed by atoms with Gasteiger partial charge in [-0.1, -0.05) is 13.3 Å². The number of carbonyl (C=O) groups excluding carboxylic acids is 1. The summed E-state index contributed by atoms with van der Waals surface area (Å²) in [6.07, 6.45) is 3.63. The summed E-state index contributed by atoms with van der Waals surface area (Å²) >= 11 is 0. The molecule has 0 saturated heterocycles. The summed E-state index contributed by atoms with van der Waals surface area (Å²) in [5.74, 6) is 0.414. The molecule has 0 bridgehead atoms. The van der Waals surface area contributed by atoms with Crippen LogP contribution in [0.25, 0.3) is 0 Å². The van der Waals surface area contributed by atoms with E-state index in [9.17, 15) is 4.79 Å². The third kappa shape index (κ3) is 3.53. The molecule has 1 aliphatic carbocycles. The second-order valence-corrected chi connectivity index (χ2v) is 7.04. The molecule has 0 aromatic carbocycles. The van der Waals surface area contributed by atoms with Gasteiger partial charge in [0.2, 0.25) is 0 Å². The average Bonchev–Trinajstić information content (AvgIpc) is 2.24. The monoisotopic (exact) mass is 285 g/mol. The minimum atomic E-state index is -0.440. The van der Waals surface area contributed by atoms with E-state index in [4.69, 9.17) is 9.47 Å². The molecule has 1 aliphatic rings. The second kappa shape index (κ2) is 6.44. The van der Waals surface area contributed by atoms with Gasteiger partial charge < -0.3 is 14.4 Å². The number of hydrogen-bond donors (Lipinski definition) is 0. The van der Waals surface area contributed by atoms with Gasteiger partial charge in [0.1, 0.15) is 5.60 Å². The maximum atomic E-state index is 12.1. The third-order valence-electron chi connectivity index (χ3n) is 4.54. The van der Waals surface area contributed by atoms with Crippen molar-refractivity contribution in [2.75, 3.05) is 21.2 Å². The molecule has 0 aromatic heterocycles. The van der Waals surface area contributed by atoms with Crippen molar-refractivity contribution in [3.63, 3.8) is 0 Å². The third-order valence-corrected chi connectivity index (χ3v) is 4.54. The van der Waals surface area contributed by atoms with Crippen molar-refractivity contribution in [3.05, 3.63) is 0 Å². The Morgan fingerprint density at radius 1 is 1.40 bits per heavy atom. The largest absolute Gasteiger partial charge is 0.460 e. The van der Waals surface area contributed by atoms with E-state index in [2.05, 4.69) is 25.9 Å². The van der Waals surface area contributed by atoms with Crippen LogP contribution in [-0.4, -0.2) is 49.3 Å². The van der Waals surface area contributed by atoms with Crippen molar-refractivity contribution in [3.8, 4) is 0 Å². The summed E-state index contributed by atoms with van der Waals surface area (Å²) < 4.78 is 11.1. The fraction of sp³-hybridized carbons (Fsp3) is 0.938. The van der Waals surface area contributed by atoms with Gasteiger partial charge >= 0.3 is 5.97 Å². The molecule has 0 radical (unpaired) electrons. The lowest BCUT2D eigenvalue weighted by Crippen LogP contribution is -2.65. The zero-order valence-electron chi connectivity index (χ0n) is 14.2. The molecule has 0 unspecified atom stereocenters. The van der Waals surface area contributed by atoms with Crippen LogP contribution in [0.2, 0.25) is 0 Å². The number of carbonyl (C=O) groups is 1. The van der Waals surface area contributed by atoms with E-state index in [0.29, 0.717) is 12.3 Å². The Labute approximate surface area is 123 Å². The maximum Gasteiger partial charge on any atom is 0.309 e. The molecule has 0 aromatic rings. The van der Waals surface area contributed by atoms with Crippen molar-refractivity contribution < 1.29 is 14.3 Å². The van der Waals surface area contributed by atoms with Gasteiger partial charge in [0, 0.05) is 12.6 Å². The Morgan fingerprint density at radius 2 is 2.00 bits per heavy atom. The standard InChI is InChI=1S/C16H31NO3/c1-8-12-9-10-16(12,17(5)6)13(19-7)11-14(18)20-15(2,3)4/h12-13H,8-11H2,1-7H3/t12-,13-,16+/m1/s1. The molecular formula is C16H31NO3. The molecule has 0 N–H and O–H groups in total. The van der Waals surface area contributed by atoms with E-state index in [1.54, 1.807) is 7.11 Å². The summed E-state index contributed by atoms with van der Waals surface area (Å²) in [5.41, 5.74) is -0.467. The molecule has 3 atom stereocenters. The first-order valence-corrected chi connectivity index (χ1v) is 7.59. The lowest BCUT2D eigenvalue weighted by Gasteiger charge is -2.57. The highest BCUT2D eigenvalue weighted by molar-refractivity contribution is 5.70. The first-order chi connectivity index (χ1) is 9.17. The summed E-state index contributed by atoms with van der Waals surface area (Å²) in [4.78, 5) is 14.4. The average molecular weight is 285 g/mol. The molecule has 118 valence electrons. The predicted octanol–water partition coefficient (Wildman–Crippen LogP) is 2.85. The second-order valence-electron chi connectivity index (χ2n) is 7.04. The van der Waals surface area contributed by atoms with Gasteiger partial charge in [0.25, 0.3) is 0 Å². The van der Waals surface area contributed by atoms with Crippen molar-refractivity contribution in [2.45, 2.75) is 70.6 Å². The van der Waals surface area contributed by atoms with E-state index < -0.39 is 5.60 Å². The number of rotatable bonds is 6. The highest BCUT2D eigenvalue weighted by Gasteiger charge is 2.53. The van der Waals surface area contributed by atoms with E-state index in [0.717, 1.165) is 12.8 Å². The van der Waals surface area contributed by atoms with Gasteiger partial charge in [-0.15, -0.1) is 0 Å². The molecule has 20 heavy (non-hydrogen) atoms. The minimum Gasteiger partial charge on any atom is -0.460 e. The zero-order chi connectivity index (χ0) is 15.6. The van der Waals surface area contributed by atoms with Crippen LogP contribution in [-0.2, 0) is 14.3 Å². The van der Waals surface area contributed by atoms with Crippen molar-refractivity contribution in [1.82, 2.24) is 4.90 Å². The Balaban J connectivity index is 2.80. The fourth-order valence-electron chi connectivity index (χ4n) is 3.50. The zero-order valence-corrected chi connectivity index (χ0v) is 14.2. The number of ether oxygens (including phenoxy) is 2. The van der Waals surface area contributed by atoms with Gasteiger partial charge in [0.05, 0.1) is 12.5 Å². The number of nitrogens with zero attached hydrogens (tertiary/aromatic N) is 1. The van der Waals surface area contributed by atoms with Crippen molar-refractivity contribution >= 4 is 5.97 Å². The molecule has 1 fully saturated rings. The van der Waals surface area contributed by atoms with Crippen LogP contribution >= 0.6 is 0 Å². The summed E-state index contributed by atoms with van der Waals surface area (Å²) in [5, 5.41) is 0. The van der Waals surface area contributed by atoms with Gasteiger partial charge in [-0.3, -0.25) is 4.79 Å². The quantitative estimate of drug-likeness (QED) is 0.703. The number of esters is 1. The molecule has 4 nitrogen and oxygen atoms in total. The van der Waals surface area contributed by atoms with E-state index >= 15 is 0 Å². The summed E-state index contributed by atoms with van der Waals surface area (Å²) in [6, 6.07) is 0. The van der Waals surface area contributed by atoms with Gasteiger partial charge in [0.15, 0.2) is 0 Å². The lowest BCUT2D eigenvalue weighted by molar-refractivity contribution is -0.168. The molecule has 4 heteroatoms. The van der Waals surface area contributed by atoms with Gasteiger partial charge in [-0.2, -0.15) is 0 Å². The number of methoxy groups -OCH3 is 1. The maximum absolute atomic E-state index is 12.1. The molecule has 0 spiro atoms. The van der Waals surface area contributed by atoms with Crippen LogP contribution < -0.4 is 0 Å². The topological polar surface area (TPSA) is 38.8 Å². The van der Waals surface area contributed by atoms with Crippen molar-refractivity contribution in [2.24, 2.45) is 5.92 Å². The van der Waals surface area contributed by atoms with Gasteiger partial charge in [-0.25, -0.2) is 0 Å². The molecule has 0 heterocycles. The van der Waals surface area contributed by atoms with E-state index in [1.165, 1.54) is 6.42 Å². The predicted molar refractivity (Wildman–Crippen MR) is 80.7 cm³/mol. The van der Waals surface area contributed by atoms with Crippen LogP contribution in [0.3, 0.4) is 0 Å². The first kappa shape index (κ1) is 17.4. The molecule has 0 aliphatic heterocycles. The Kier molecular flexibility index (Phi) is 5.61. The SMILES string of the molecule is CC[C@@H]1CC[C@]1([C@@H](CC(=O)OC(C)(C)C)OC)N(C)C. The Morgan fingerprint density at radius 3 is 2.30 bits per heavy atom. The van der Waals surface area contributed by atoms with E-state index in [-0.39, 0.29) is 17.6 Å². The first-order valence-electron chi connectivity index (χ1n) is 7.59. The summed E-state index contributed by atoms with van der Waals surface area (Å²) in [6.45, 7) is 7.90. The molecular weight excluding hydrogens is 254 g/mol. The Hall–Kier alpha value is -0.610. The number of hydrogen-bond acceptors (Lipinski definition) is 4. The number of likely N-dealkylation sites (N-methyl/N-ethyl adjacent to an activating group) is 1. The van der Waals surface area contributed by atoms with E-state index in [1.807, 2.05) is 20.8 Å². The van der Waals surface area contributed by atoms with Crippen molar-refractivity contribution in [1.29, 1.82) is 0 Å². The molecule has 1 rings (SSSR count). The van der Waals surface area contributed by atoms with Crippen LogP contribution in [0.15, 0.2) is 0 Å². The highest BCUT2D eigenvalue weighted by Crippen LogP contribution is 2.48. The summed E-state index contributed by atoms with van der Waals surface area (Å²) in [7, 11) is 5.87. The normalized spacial score (nSPS) is 28.1. The highest BCUT2D eigenvalue weighted by atomic mass is 16.6.